The minimum absolute atomic E-state index is 0.196. The first kappa shape index (κ1) is 13.8. The number of benzene rings is 1. The quantitative estimate of drug-likeness (QED) is 0.914. The monoisotopic (exact) mass is 281 g/mol. The molecule has 0 saturated carbocycles. The molecular formula is C14H16ClNO3. The highest BCUT2D eigenvalue weighted by Crippen LogP contribution is 2.38. The van der Waals surface area contributed by atoms with Gasteiger partial charge < -0.3 is 19.2 Å². The lowest BCUT2D eigenvalue weighted by Gasteiger charge is -2.20. The zero-order valence-electron chi connectivity index (χ0n) is 11.1. The number of methoxy groups -OCH3 is 2. The van der Waals surface area contributed by atoms with E-state index in [0.717, 1.165) is 17.1 Å². The van der Waals surface area contributed by atoms with Crippen LogP contribution >= 0.6 is 11.6 Å². The maximum absolute atomic E-state index is 5.84. The summed E-state index contributed by atoms with van der Waals surface area (Å²) in [5, 5.41) is 3.54. The predicted molar refractivity (Wildman–Crippen MR) is 74.2 cm³/mol. The molecule has 0 amide bonds. The SMILES string of the molecule is CNC(c1ccc(Cl)o1)c1c(OC)cccc1OC. The van der Waals surface area contributed by atoms with Crippen molar-refractivity contribution in [1.82, 2.24) is 5.32 Å². The molecule has 0 radical (unpaired) electrons. The summed E-state index contributed by atoms with van der Waals surface area (Å²) >= 11 is 5.84. The molecule has 1 N–H and O–H groups in total. The lowest BCUT2D eigenvalue weighted by Crippen LogP contribution is -2.18. The lowest BCUT2D eigenvalue weighted by molar-refractivity contribution is 0.369. The van der Waals surface area contributed by atoms with Gasteiger partial charge in [-0.1, -0.05) is 6.07 Å². The molecule has 4 nitrogen and oxygen atoms in total. The number of furan rings is 1. The van der Waals surface area contributed by atoms with Crippen LogP contribution in [0.5, 0.6) is 11.5 Å². The van der Waals surface area contributed by atoms with Crippen LogP contribution in [0, 0.1) is 0 Å². The number of hydrogen-bond acceptors (Lipinski definition) is 4. The van der Waals surface area contributed by atoms with E-state index in [-0.39, 0.29) is 6.04 Å². The minimum atomic E-state index is -0.196. The maximum atomic E-state index is 5.84. The predicted octanol–water partition coefficient (Wildman–Crippen LogP) is 3.26. The zero-order valence-corrected chi connectivity index (χ0v) is 11.8. The molecule has 1 atom stereocenters. The van der Waals surface area contributed by atoms with Gasteiger partial charge >= 0.3 is 0 Å². The zero-order chi connectivity index (χ0) is 13.8. The van der Waals surface area contributed by atoms with E-state index in [1.54, 1.807) is 20.3 Å². The van der Waals surface area contributed by atoms with Crippen LogP contribution in [-0.4, -0.2) is 21.3 Å². The van der Waals surface area contributed by atoms with E-state index in [4.69, 9.17) is 25.5 Å². The Kier molecular flexibility index (Phi) is 4.35. The maximum Gasteiger partial charge on any atom is 0.193 e. The molecule has 0 saturated heterocycles. The summed E-state index contributed by atoms with van der Waals surface area (Å²) in [5.74, 6) is 2.16. The molecule has 1 aromatic heterocycles. The molecule has 0 fully saturated rings. The summed E-state index contributed by atoms with van der Waals surface area (Å²) in [7, 11) is 5.09. The lowest BCUT2D eigenvalue weighted by atomic mass is 10.0. The van der Waals surface area contributed by atoms with E-state index in [1.807, 2.05) is 31.3 Å². The van der Waals surface area contributed by atoms with E-state index in [2.05, 4.69) is 5.32 Å². The summed E-state index contributed by atoms with van der Waals surface area (Å²) in [6, 6.07) is 8.99. The van der Waals surface area contributed by atoms with Gasteiger partial charge in [-0.2, -0.15) is 0 Å². The van der Waals surface area contributed by atoms with Gasteiger partial charge in [-0.25, -0.2) is 0 Å². The second kappa shape index (κ2) is 5.99. The molecule has 1 heterocycles. The topological polar surface area (TPSA) is 43.6 Å². The Balaban J connectivity index is 2.53. The normalized spacial score (nSPS) is 12.2. The van der Waals surface area contributed by atoms with Gasteiger partial charge in [-0.15, -0.1) is 0 Å². The van der Waals surface area contributed by atoms with Crippen LogP contribution in [0.3, 0.4) is 0 Å². The molecule has 0 aliphatic carbocycles. The molecule has 1 unspecified atom stereocenters. The fraction of sp³-hybridized carbons (Fsp3) is 0.286. The summed E-state index contributed by atoms with van der Waals surface area (Å²) < 4.78 is 16.3. The van der Waals surface area contributed by atoms with Crippen LogP contribution in [0.15, 0.2) is 34.7 Å². The second-order valence-corrected chi connectivity index (χ2v) is 4.31. The van der Waals surface area contributed by atoms with Gasteiger partial charge in [0.2, 0.25) is 0 Å². The van der Waals surface area contributed by atoms with Gasteiger partial charge in [0, 0.05) is 0 Å². The van der Waals surface area contributed by atoms with Crippen LogP contribution < -0.4 is 14.8 Å². The van der Waals surface area contributed by atoms with Crippen LogP contribution in [0.25, 0.3) is 0 Å². The highest BCUT2D eigenvalue weighted by atomic mass is 35.5. The van der Waals surface area contributed by atoms with Crippen molar-refractivity contribution in [2.45, 2.75) is 6.04 Å². The first-order valence-corrected chi connectivity index (χ1v) is 6.22. The number of rotatable bonds is 5. The Morgan fingerprint density at radius 3 is 2.16 bits per heavy atom. The molecular weight excluding hydrogens is 266 g/mol. The van der Waals surface area contributed by atoms with Crippen molar-refractivity contribution in [3.63, 3.8) is 0 Å². The van der Waals surface area contributed by atoms with E-state index in [1.165, 1.54) is 0 Å². The van der Waals surface area contributed by atoms with Gasteiger partial charge in [0.1, 0.15) is 17.3 Å². The molecule has 1 aromatic carbocycles. The molecule has 102 valence electrons. The Labute approximate surface area is 117 Å². The fourth-order valence-electron chi connectivity index (χ4n) is 2.08. The molecule has 2 aromatic rings. The largest absolute Gasteiger partial charge is 0.496 e. The molecule has 0 spiro atoms. The third kappa shape index (κ3) is 2.69. The van der Waals surface area contributed by atoms with Crippen molar-refractivity contribution in [2.75, 3.05) is 21.3 Å². The third-order valence-corrected chi connectivity index (χ3v) is 3.12. The first-order chi connectivity index (χ1) is 9.21. The first-order valence-electron chi connectivity index (χ1n) is 5.84. The molecule has 0 aliphatic heterocycles. The molecule has 5 heteroatoms. The van der Waals surface area contributed by atoms with E-state index < -0.39 is 0 Å². The smallest absolute Gasteiger partial charge is 0.193 e. The molecule has 19 heavy (non-hydrogen) atoms. The van der Waals surface area contributed by atoms with Crippen molar-refractivity contribution >= 4 is 11.6 Å². The van der Waals surface area contributed by atoms with E-state index in [9.17, 15) is 0 Å². The summed E-state index contributed by atoms with van der Waals surface area (Å²) in [6.07, 6.45) is 0. The van der Waals surface area contributed by atoms with Gasteiger partial charge in [0.15, 0.2) is 5.22 Å². The second-order valence-electron chi connectivity index (χ2n) is 3.94. The van der Waals surface area contributed by atoms with Gasteiger partial charge in [-0.05, 0) is 42.9 Å². The van der Waals surface area contributed by atoms with Crippen molar-refractivity contribution < 1.29 is 13.9 Å². The average Bonchev–Trinajstić information content (AvgIpc) is 2.86. The van der Waals surface area contributed by atoms with Crippen LogP contribution in [0.2, 0.25) is 5.22 Å². The number of halogens is 1. The van der Waals surface area contributed by atoms with Crippen LogP contribution in [-0.2, 0) is 0 Å². The Morgan fingerprint density at radius 2 is 1.74 bits per heavy atom. The van der Waals surface area contributed by atoms with Gasteiger partial charge in [0.05, 0.1) is 25.8 Å². The summed E-state index contributed by atoms with van der Waals surface area (Å²) in [4.78, 5) is 0. The average molecular weight is 282 g/mol. The van der Waals surface area contributed by atoms with Crippen molar-refractivity contribution in [1.29, 1.82) is 0 Å². The van der Waals surface area contributed by atoms with E-state index >= 15 is 0 Å². The Morgan fingerprint density at radius 1 is 1.11 bits per heavy atom. The summed E-state index contributed by atoms with van der Waals surface area (Å²) in [5.41, 5.74) is 0.876. The number of hydrogen-bond donors (Lipinski definition) is 1. The highest BCUT2D eigenvalue weighted by Gasteiger charge is 2.23. The minimum Gasteiger partial charge on any atom is -0.496 e. The van der Waals surface area contributed by atoms with Crippen molar-refractivity contribution in [3.8, 4) is 11.5 Å². The Hall–Kier alpha value is -1.65. The Bertz CT molecular complexity index is 531. The van der Waals surface area contributed by atoms with Crippen LogP contribution in [0.4, 0.5) is 0 Å². The standard InChI is InChI=1S/C14H16ClNO3/c1-16-14(11-7-8-12(15)19-11)13-9(17-2)5-4-6-10(13)18-3/h4-8,14,16H,1-3H3. The van der Waals surface area contributed by atoms with Crippen LogP contribution in [0.1, 0.15) is 17.4 Å². The molecule has 0 aliphatic rings. The van der Waals surface area contributed by atoms with Crippen molar-refractivity contribution in [2.24, 2.45) is 0 Å². The highest BCUT2D eigenvalue weighted by molar-refractivity contribution is 6.28. The van der Waals surface area contributed by atoms with Gasteiger partial charge in [0.25, 0.3) is 0 Å². The van der Waals surface area contributed by atoms with E-state index in [0.29, 0.717) is 11.0 Å². The number of nitrogens with one attached hydrogen (secondary N) is 1. The fourth-order valence-corrected chi connectivity index (χ4v) is 2.23. The molecule has 2 rings (SSSR count). The van der Waals surface area contributed by atoms with Crippen molar-refractivity contribution in [3.05, 3.63) is 46.9 Å². The third-order valence-electron chi connectivity index (χ3n) is 2.92. The van der Waals surface area contributed by atoms with Gasteiger partial charge in [-0.3, -0.25) is 0 Å². The molecule has 0 bridgehead atoms. The number of ether oxygens (including phenoxy) is 2. The summed E-state index contributed by atoms with van der Waals surface area (Å²) in [6.45, 7) is 0.